The first-order valence-electron chi connectivity index (χ1n) is 7.70. The van der Waals surface area contributed by atoms with E-state index in [2.05, 4.69) is 28.4 Å². The molecule has 2 aromatic carbocycles. The van der Waals surface area contributed by atoms with Crippen LogP contribution in [0.5, 0.6) is 0 Å². The van der Waals surface area contributed by atoms with Crippen LogP contribution in [-0.2, 0) is 11.3 Å². The van der Waals surface area contributed by atoms with Crippen molar-refractivity contribution < 1.29 is 4.79 Å². The maximum Gasteiger partial charge on any atom is 0.239 e. The number of carbonyl (C=O) groups excluding carboxylic acids is 1. The van der Waals surface area contributed by atoms with Gasteiger partial charge in [0.1, 0.15) is 0 Å². The van der Waals surface area contributed by atoms with Crippen molar-refractivity contribution in [3.8, 4) is 0 Å². The van der Waals surface area contributed by atoms with E-state index < -0.39 is 0 Å². The monoisotopic (exact) mass is 346 g/mol. The van der Waals surface area contributed by atoms with Gasteiger partial charge in [-0.25, -0.2) is 0 Å². The van der Waals surface area contributed by atoms with Crippen molar-refractivity contribution in [2.75, 3.05) is 23.7 Å². The number of thioether (sulfide) groups is 1. The molecule has 3 nitrogen and oxygen atoms in total. The van der Waals surface area contributed by atoms with Crippen LogP contribution in [0.1, 0.15) is 12.0 Å². The Morgan fingerprint density at radius 2 is 2.09 bits per heavy atom. The van der Waals surface area contributed by atoms with Crippen molar-refractivity contribution in [3.05, 3.63) is 59.1 Å². The highest BCUT2D eigenvalue weighted by atomic mass is 35.5. The van der Waals surface area contributed by atoms with Gasteiger partial charge in [0.25, 0.3) is 0 Å². The van der Waals surface area contributed by atoms with Crippen molar-refractivity contribution in [1.29, 1.82) is 0 Å². The number of nitrogens with zero attached hydrogens (tertiary/aromatic N) is 1. The van der Waals surface area contributed by atoms with Crippen LogP contribution in [0.15, 0.2) is 53.4 Å². The van der Waals surface area contributed by atoms with E-state index >= 15 is 0 Å². The topological polar surface area (TPSA) is 32.3 Å². The largest absolute Gasteiger partial charge is 0.361 e. The highest BCUT2D eigenvalue weighted by molar-refractivity contribution is 7.99. The minimum atomic E-state index is 0.0340. The number of para-hydroxylation sites is 1. The summed E-state index contributed by atoms with van der Waals surface area (Å²) >= 11 is 7.83. The number of hydrogen-bond acceptors (Lipinski definition) is 3. The second-order valence-electron chi connectivity index (χ2n) is 5.50. The fourth-order valence-electron chi connectivity index (χ4n) is 2.64. The van der Waals surface area contributed by atoms with Gasteiger partial charge in [0.15, 0.2) is 0 Å². The second-order valence-corrected chi connectivity index (χ2v) is 7.07. The smallest absolute Gasteiger partial charge is 0.239 e. The molecule has 1 heterocycles. The van der Waals surface area contributed by atoms with E-state index in [9.17, 15) is 4.79 Å². The van der Waals surface area contributed by atoms with Crippen LogP contribution in [0.25, 0.3) is 0 Å². The summed E-state index contributed by atoms with van der Waals surface area (Å²) in [6, 6.07) is 15.9. The van der Waals surface area contributed by atoms with Crippen LogP contribution in [-0.4, -0.2) is 24.7 Å². The minimum Gasteiger partial charge on any atom is -0.361 e. The third-order valence-corrected chi connectivity index (χ3v) is 5.13. The number of benzene rings is 2. The Labute approximate surface area is 146 Å². The second kappa shape index (κ2) is 7.75. The zero-order valence-electron chi connectivity index (χ0n) is 12.8. The van der Waals surface area contributed by atoms with Gasteiger partial charge in [0.2, 0.25) is 5.91 Å². The molecule has 0 fully saturated rings. The number of rotatable bonds is 4. The Bertz CT molecular complexity index is 692. The molecule has 0 spiro atoms. The van der Waals surface area contributed by atoms with E-state index in [-0.39, 0.29) is 5.91 Å². The third kappa shape index (κ3) is 4.43. The van der Waals surface area contributed by atoms with Crippen molar-refractivity contribution in [3.63, 3.8) is 0 Å². The van der Waals surface area contributed by atoms with E-state index in [1.54, 1.807) is 0 Å². The van der Waals surface area contributed by atoms with Gasteiger partial charge in [0, 0.05) is 23.0 Å². The summed E-state index contributed by atoms with van der Waals surface area (Å²) in [5, 5.41) is 3.67. The molecular formula is C18H19ClN2OS. The van der Waals surface area contributed by atoms with Gasteiger partial charge in [-0.2, -0.15) is 0 Å². The zero-order valence-corrected chi connectivity index (χ0v) is 14.4. The maximum atomic E-state index is 12.3. The number of hydrogen-bond donors (Lipinski definition) is 1. The lowest BCUT2D eigenvalue weighted by Crippen LogP contribution is -2.37. The molecule has 5 heteroatoms. The van der Waals surface area contributed by atoms with Crippen LogP contribution >= 0.6 is 23.4 Å². The average Bonchev–Trinajstić information content (AvgIpc) is 2.76. The number of amides is 1. The van der Waals surface area contributed by atoms with Crippen molar-refractivity contribution in [2.45, 2.75) is 17.9 Å². The molecule has 3 rings (SSSR count). The number of carbonyl (C=O) groups is 1. The van der Waals surface area contributed by atoms with E-state index in [0.717, 1.165) is 30.0 Å². The van der Waals surface area contributed by atoms with Gasteiger partial charge in [-0.1, -0.05) is 35.9 Å². The predicted octanol–water partition coefficient (Wildman–Crippen LogP) is 3.96. The molecule has 2 aromatic rings. The molecule has 1 N–H and O–H groups in total. The van der Waals surface area contributed by atoms with Gasteiger partial charge < -0.3 is 10.2 Å². The van der Waals surface area contributed by atoms with Gasteiger partial charge in [0.05, 0.1) is 12.2 Å². The van der Waals surface area contributed by atoms with E-state index in [4.69, 9.17) is 11.6 Å². The van der Waals surface area contributed by atoms with Crippen LogP contribution in [0.4, 0.5) is 5.69 Å². The molecule has 0 bridgehead atoms. The standard InChI is InChI=1S/C18H19ClN2OS/c19-15-6-3-5-14(11-15)12-20-18(22)13-21-9-4-10-23-17-8-2-1-7-16(17)21/h1-3,5-8,11H,4,9-10,12-13H2,(H,20,22). The first-order chi connectivity index (χ1) is 11.2. The van der Waals surface area contributed by atoms with E-state index in [1.807, 2.05) is 42.1 Å². The molecule has 23 heavy (non-hydrogen) atoms. The fraction of sp³-hybridized carbons (Fsp3) is 0.278. The molecular weight excluding hydrogens is 328 g/mol. The van der Waals surface area contributed by atoms with Crippen LogP contribution in [0, 0.1) is 0 Å². The summed E-state index contributed by atoms with van der Waals surface area (Å²) in [6.07, 6.45) is 1.08. The summed E-state index contributed by atoms with van der Waals surface area (Å²) < 4.78 is 0. The van der Waals surface area contributed by atoms with Gasteiger partial charge >= 0.3 is 0 Å². The predicted molar refractivity (Wildman–Crippen MR) is 97.3 cm³/mol. The summed E-state index contributed by atoms with van der Waals surface area (Å²) in [7, 11) is 0. The third-order valence-electron chi connectivity index (χ3n) is 3.75. The molecule has 1 aliphatic heterocycles. The highest BCUT2D eigenvalue weighted by Gasteiger charge is 2.17. The van der Waals surface area contributed by atoms with Crippen LogP contribution in [0.3, 0.4) is 0 Å². The molecule has 120 valence electrons. The van der Waals surface area contributed by atoms with Crippen LogP contribution in [0.2, 0.25) is 5.02 Å². The quantitative estimate of drug-likeness (QED) is 0.909. The lowest BCUT2D eigenvalue weighted by Gasteiger charge is -2.23. The first kappa shape index (κ1) is 16.2. The summed E-state index contributed by atoms with van der Waals surface area (Å²) in [5.74, 6) is 1.13. The van der Waals surface area contributed by atoms with Crippen molar-refractivity contribution >= 4 is 35.0 Å². The van der Waals surface area contributed by atoms with E-state index in [0.29, 0.717) is 18.1 Å². The van der Waals surface area contributed by atoms with Crippen LogP contribution < -0.4 is 10.2 Å². The molecule has 0 radical (unpaired) electrons. The normalized spacial score (nSPS) is 14.0. The molecule has 1 aliphatic rings. The molecule has 0 saturated heterocycles. The molecule has 1 amide bonds. The van der Waals surface area contributed by atoms with Gasteiger partial charge in [-0.15, -0.1) is 11.8 Å². The van der Waals surface area contributed by atoms with Gasteiger partial charge in [-0.05, 0) is 42.0 Å². The Balaban J connectivity index is 1.61. The van der Waals surface area contributed by atoms with E-state index in [1.165, 1.54) is 4.90 Å². The lowest BCUT2D eigenvalue weighted by atomic mass is 10.2. The average molecular weight is 347 g/mol. The molecule has 0 atom stereocenters. The molecule has 0 saturated carbocycles. The fourth-order valence-corrected chi connectivity index (χ4v) is 3.87. The number of halogens is 1. The molecule has 0 unspecified atom stereocenters. The van der Waals surface area contributed by atoms with Crippen molar-refractivity contribution in [2.24, 2.45) is 0 Å². The maximum absolute atomic E-state index is 12.3. The molecule has 0 aliphatic carbocycles. The van der Waals surface area contributed by atoms with Gasteiger partial charge in [-0.3, -0.25) is 4.79 Å². The minimum absolute atomic E-state index is 0.0340. The Morgan fingerprint density at radius 1 is 1.22 bits per heavy atom. The van der Waals surface area contributed by atoms with Crippen molar-refractivity contribution in [1.82, 2.24) is 5.32 Å². The summed E-state index contributed by atoms with van der Waals surface area (Å²) in [4.78, 5) is 15.7. The molecule has 0 aromatic heterocycles. The first-order valence-corrected chi connectivity index (χ1v) is 9.06. The number of nitrogens with one attached hydrogen (secondary N) is 1. The summed E-state index contributed by atoms with van der Waals surface area (Å²) in [5.41, 5.74) is 2.17. The summed E-state index contributed by atoms with van der Waals surface area (Å²) in [6.45, 7) is 1.80. The lowest BCUT2D eigenvalue weighted by molar-refractivity contribution is -0.119. The number of fused-ring (bicyclic) bond motifs is 1. The number of anilines is 1. The zero-order chi connectivity index (χ0) is 16.1. The Kier molecular flexibility index (Phi) is 5.47. The Morgan fingerprint density at radius 3 is 2.96 bits per heavy atom. The highest BCUT2D eigenvalue weighted by Crippen LogP contribution is 2.33. The SMILES string of the molecule is O=C(CN1CCCSc2ccccc21)NCc1cccc(Cl)c1. The Hall–Kier alpha value is -1.65.